The van der Waals surface area contributed by atoms with Crippen LogP contribution in [0.3, 0.4) is 0 Å². The standard InChI is InChI=1S/C11H11BrFNO2/c12-10-5-9(16-8-2-1-3-8)4-7(6-14-15)11(10)13/h4-6,8,15H,1-3H2/b14-6-. The summed E-state index contributed by atoms with van der Waals surface area (Å²) in [5.74, 6) is 0.131. The Morgan fingerprint density at radius 1 is 1.50 bits per heavy atom. The van der Waals surface area contributed by atoms with Crippen molar-refractivity contribution in [3.63, 3.8) is 0 Å². The summed E-state index contributed by atoms with van der Waals surface area (Å²) in [5, 5.41) is 11.2. The molecule has 2 rings (SSSR count). The van der Waals surface area contributed by atoms with E-state index in [1.165, 1.54) is 12.5 Å². The highest BCUT2D eigenvalue weighted by atomic mass is 79.9. The van der Waals surface area contributed by atoms with Crippen LogP contribution in [0.5, 0.6) is 5.75 Å². The Morgan fingerprint density at radius 3 is 2.81 bits per heavy atom. The number of halogens is 2. The first-order valence-corrected chi connectivity index (χ1v) is 5.83. The summed E-state index contributed by atoms with van der Waals surface area (Å²) in [6.07, 6.45) is 4.54. The van der Waals surface area contributed by atoms with Crippen molar-refractivity contribution >= 4 is 22.1 Å². The number of rotatable bonds is 3. The van der Waals surface area contributed by atoms with Gasteiger partial charge in [0.05, 0.1) is 16.8 Å². The van der Waals surface area contributed by atoms with Gasteiger partial charge in [0.25, 0.3) is 0 Å². The van der Waals surface area contributed by atoms with E-state index in [1.807, 2.05) is 0 Å². The average Bonchev–Trinajstić information content (AvgIpc) is 2.19. The maximum absolute atomic E-state index is 13.5. The van der Waals surface area contributed by atoms with Crippen molar-refractivity contribution in [2.24, 2.45) is 5.16 Å². The molecule has 5 heteroatoms. The molecule has 1 aliphatic carbocycles. The van der Waals surface area contributed by atoms with E-state index in [9.17, 15) is 4.39 Å². The molecule has 0 aliphatic heterocycles. The van der Waals surface area contributed by atoms with E-state index >= 15 is 0 Å². The van der Waals surface area contributed by atoms with Crippen LogP contribution in [0.15, 0.2) is 21.8 Å². The molecule has 0 bridgehead atoms. The van der Waals surface area contributed by atoms with Gasteiger partial charge in [-0.1, -0.05) is 5.16 Å². The zero-order valence-corrected chi connectivity index (χ0v) is 10.1. The van der Waals surface area contributed by atoms with Crippen LogP contribution in [0.2, 0.25) is 0 Å². The van der Waals surface area contributed by atoms with Gasteiger partial charge in [-0.15, -0.1) is 0 Å². The lowest BCUT2D eigenvalue weighted by Gasteiger charge is -2.26. The molecule has 0 radical (unpaired) electrons. The van der Waals surface area contributed by atoms with Gasteiger partial charge in [0.2, 0.25) is 0 Å². The van der Waals surface area contributed by atoms with Crippen molar-refractivity contribution < 1.29 is 14.3 Å². The minimum absolute atomic E-state index is 0.200. The van der Waals surface area contributed by atoms with E-state index in [0.717, 1.165) is 19.1 Å². The van der Waals surface area contributed by atoms with Gasteiger partial charge in [-0.3, -0.25) is 0 Å². The van der Waals surface area contributed by atoms with Gasteiger partial charge in [0, 0.05) is 5.56 Å². The largest absolute Gasteiger partial charge is 0.490 e. The fraction of sp³-hybridized carbons (Fsp3) is 0.364. The van der Waals surface area contributed by atoms with Crippen LogP contribution in [0.1, 0.15) is 24.8 Å². The highest BCUT2D eigenvalue weighted by Gasteiger charge is 2.20. The van der Waals surface area contributed by atoms with Gasteiger partial charge < -0.3 is 9.94 Å². The summed E-state index contributed by atoms with van der Waals surface area (Å²) in [4.78, 5) is 0. The van der Waals surface area contributed by atoms with E-state index in [1.54, 1.807) is 6.07 Å². The lowest BCUT2D eigenvalue weighted by Crippen LogP contribution is -2.24. The summed E-state index contributed by atoms with van der Waals surface area (Å²) in [7, 11) is 0. The molecule has 0 heterocycles. The number of hydrogen-bond acceptors (Lipinski definition) is 3. The van der Waals surface area contributed by atoms with Gasteiger partial charge in [-0.05, 0) is 47.3 Å². The number of oxime groups is 1. The first-order chi connectivity index (χ1) is 7.70. The summed E-state index contributed by atoms with van der Waals surface area (Å²) in [6, 6.07) is 3.11. The van der Waals surface area contributed by atoms with Gasteiger partial charge in [0.15, 0.2) is 0 Å². The molecule has 0 saturated heterocycles. The molecule has 86 valence electrons. The molecule has 1 aliphatic rings. The molecule has 0 atom stereocenters. The van der Waals surface area contributed by atoms with Crippen molar-refractivity contribution in [1.29, 1.82) is 0 Å². The second-order valence-electron chi connectivity index (χ2n) is 3.72. The molecule has 1 aromatic carbocycles. The smallest absolute Gasteiger partial charge is 0.146 e. The quantitative estimate of drug-likeness (QED) is 0.526. The predicted octanol–water partition coefficient (Wildman–Crippen LogP) is 3.33. The van der Waals surface area contributed by atoms with E-state index in [2.05, 4.69) is 21.1 Å². The Balaban J connectivity index is 2.24. The Labute approximate surface area is 101 Å². The third kappa shape index (κ3) is 2.35. The van der Waals surface area contributed by atoms with Crippen molar-refractivity contribution in [1.82, 2.24) is 0 Å². The van der Waals surface area contributed by atoms with E-state index < -0.39 is 5.82 Å². The summed E-state index contributed by atoms with van der Waals surface area (Å²) in [6.45, 7) is 0. The van der Waals surface area contributed by atoms with Crippen LogP contribution < -0.4 is 4.74 Å². The number of benzene rings is 1. The van der Waals surface area contributed by atoms with Crippen LogP contribution in [-0.2, 0) is 0 Å². The molecule has 0 aromatic heterocycles. The third-order valence-electron chi connectivity index (χ3n) is 2.58. The normalized spacial score (nSPS) is 16.4. The molecule has 1 N–H and O–H groups in total. The highest BCUT2D eigenvalue weighted by Crippen LogP contribution is 2.29. The van der Waals surface area contributed by atoms with E-state index in [-0.39, 0.29) is 11.7 Å². The van der Waals surface area contributed by atoms with Gasteiger partial charge >= 0.3 is 0 Å². The molecule has 1 aromatic rings. The molecule has 16 heavy (non-hydrogen) atoms. The lowest BCUT2D eigenvalue weighted by molar-refractivity contribution is 0.120. The van der Waals surface area contributed by atoms with E-state index in [4.69, 9.17) is 9.94 Å². The van der Waals surface area contributed by atoms with Crippen LogP contribution in [0, 0.1) is 5.82 Å². The predicted molar refractivity (Wildman–Crippen MR) is 61.7 cm³/mol. The SMILES string of the molecule is O/N=C\c1cc(OC2CCC2)cc(Br)c1F. The first kappa shape index (κ1) is 11.4. The monoisotopic (exact) mass is 287 g/mol. The van der Waals surface area contributed by atoms with E-state index in [0.29, 0.717) is 10.2 Å². The number of ether oxygens (including phenoxy) is 1. The van der Waals surface area contributed by atoms with Crippen molar-refractivity contribution in [2.75, 3.05) is 0 Å². The van der Waals surface area contributed by atoms with Crippen LogP contribution >= 0.6 is 15.9 Å². The fourth-order valence-electron chi connectivity index (χ4n) is 1.49. The summed E-state index contributed by atoms with van der Waals surface area (Å²) >= 11 is 3.10. The highest BCUT2D eigenvalue weighted by molar-refractivity contribution is 9.10. The maximum Gasteiger partial charge on any atom is 0.146 e. The molecule has 3 nitrogen and oxygen atoms in total. The van der Waals surface area contributed by atoms with Gasteiger partial charge in [0.1, 0.15) is 11.6 Å². The number of nitrogens with zero attached hydrogens (tertiary/aromatic N) is 1. The second kappa shape index (κ2) is 4.82. The zero-order chi connectivity index (χ0) is 11.5. The van der Waals surface area contributed by atoms with Crippen molar-refractivity contribution in [2.45, 2.75) is 25.4 Å². The first-order valence-electron chi connectivity index (χ1n) is 5.04. The summed E-state index contributed by atoms with van der Waals surface area (Å²) in [5.41, 5.74) is 0.200. The van der Waals surface area contributed by atoms with Crippen LogP contribution in [0.4, 0.5) is 4.39 Å². The fourth-order valence-corrected chi connectivity index (χ4v) is 1.94. The van der Waals surface area contributed by atoms with Crippen LogP contribution in [0.25, 0.3) is 0 Å². The molecular weight excluding hydrogens is 277 g/mol. The lowest BCUT2D eigenvalue weighted by atomic mass is 9.96. The minimum Gasteiger partial charge on any atom is -0.490 e. The summed E-state index contributed by atoms with van der Waals surface area (Å²) < 4.78 is 19.4. The Hall–Kier alpha value is -1.10. The molecular formula is C11H11BrFNO2. The molecule has 0 amide bonds. The van der Waals surface area contributed by atoms with Gasteiger partial charge in [-0.25, -0.2) is 4.39 Å². The minimum atomic E-state index is -0.459. The number of hydrogen-bond donors (Lipinski definition) is 1. The van der Waals surface area contributed by atoms with Crippen molar-refractivity contribution in [3.8, 4) is 5.75 Å². The van der Waals surface area contributed by atoms with Crippen LogP contribution in [-0.4, -0.2) is 17.5 Å². The topological polar surface area (TPSA) is 41.8 Å². The van der Waals surface area contributed by atoms with Crippen molar-refractivity contribution in [3.05, 3.63) is 28.0 Å². The molecule has 1 saturated carbocycles. The molecule has 0 unspecified atom stereocenters. The Morgan fingerprint density at radius 2 is 2.25 bits per heavy atom. The molecule has 1 fully saturated rings. The van der Waals surface area contributed by atoms with Gasteiger partial charge in [-0.2, -0.15) is 0 Å². The second-order valence-corrected chi connectivity index (χ2v) is 4.58. The third-order valence-corrected chi connectivity index (χ3v) is 3.16. The average molecular weight is 288 g/mol. The Bertz CT molecular complexity index is 419. The maximum atomic E-state index is 13.5. The zero-order valence-electron chi connectivity index (χ0n) is 8.49. The molecule has 0 spiro atoms. The Kier molecular flexibility index (Phi) is 3.43.